The van der Waals surface area contributed by atoms with Crippen LogP contribution in [0.4, 0.5) is 5.82 Å². The normalized spacial score (nSPS) is 21.8. The number of ether oxygens (including phenoxy) is 1. The maximum atomic E-state index is 13.2. The molecule has 36 heavy (non-hydrogen) atoms. The second-order valence-electron chi connectivity index (χ2n) is 9.46. The molecule has 2 fully saturated rings. The summed E-state index contributed by atoms with van der Waals surface area (Å²) >= 11 is 0. The highest BCUT2D eigenvalue weighted by atomic mass is 16.5. The highest BCUT2D eigenvalue weighted by molar-refractivity contribution is 6.01. The molecule has 6 rings (SSSR count). The van der Waals surface area contributed by atoms with E-state index in [1.165, 1.54) is 0 Å². The van der Waals surface area contributed by atoms with Gasteiger partial charge in [0.1, 0.15) is 17.0 Å². The van der Waals surface area contributed by atoms with Gasteiger partial charge in [-0.3, -0.25) is 9.59 Å². The lowest BCUT2D eigenvalue weighted by molar-refractivity contribution is -0.126. The van der Waals surface area contributed by atoms with Gasteiger partial charge in [0.15, 0.2) is 5.65 Å². The first-order valence-corrected chi connectivity index (χ1v) is 12.1. The third kappa shape index (κ3) is 3.49. The smallest absolute Gasteiger partial charge is 0.257 e. The van der Waals surface area contributed by atoms with E-state index < -0.39 is 0 Å². The van der Waals surface area contributed by atoms with Crippen LogP contribution in [0.2, 0.25) is 0 Å². The van der Waals surface area contributed by atoms with E-state index in [2.05, 4.69) is 25.3 Å². The molecule has 0 spiro atoms. The molecule has 2 amide bonds. The lowest BCUT2D eigenvalue weighted by atomic mass is 9.89. The molecule has 1 saturated carbocycles. The van der Waals surface area contributed by atoms with Crippen LogP contribution in [-0.4, -0.2) is 80.8 Å². The Morgan fingerprint density at radius 1 is 1.25 bits per heavy atom. The fraction of sp³-hybridized carbons (Fsp3) is 0.400. The van der Waals surface area contributed by atoms with E-state index in [9.17, 15) is 9.59 Å². The van der Waals surface area contributed by atoms with Crippen molar-refractivity contribution >= 4 is 34.3 Å². The maximum absolute atomic E-state index is 13.2. The summed E-state index contributed by atoms with van der Waals surface area (Å²) in [6, 6.07) is 5.79. The van der Waals surface area contributed by atoms with E-state index in [-0.39, 0.29) is 30.0 Å². The van der Waals surface area contributed by atoms with E-state index in [0.717, 1.165) is 29.4 Å². The van der Waals surface area contributed by atoms with Crippen LogP contribution in [0.1, 0.15) is 35.7 Å². The molecule has 2 N–H and O–H groups in total. The van der Waals surface area contributed by atoms with Crippen LogP contribution < -0.4 is 10.6 Å². The van der Waals surface area contributed by atoms with Crippen LogP contribution in [0.3, 0.4) is 0 Å². The largest absolute Gasteiger partial charge is 0.379 e. The van der Waals surface area contributed by atoms with Crippen molar-refractivity contribution in [1.29, 1.82) is 0 Å². The van der Waals surface area contributed by atoms with Crippen molar-refractivity contribution in [2.75, 3.05) is 33.1 Å². The zero-order valence-corrected chi connectivity index (χ0v) is 20.4. The molecule has 0 unspecified atom stereocenters. The van der Waals surface area contributed by atoms with Crippen molar-refractivity contribution in [3.63, 3.8) is 0 Å². The summed E-state index contributed by atoms with van der Waals surface area (Å²) in [7, 11) is 5.29. The molecular formula is C25H28N8O3. The Morgan fingerprint density at radius 2 is 2.11 bits per heavy atom. The van der Waals surface area contributed by atoms with Gasteiger partial charge in [-0.1, -0.05) is 0 Å². The average Bonchev–Trinajstić information content (AvgIpc) is 3.56. The van der Waals surface area contributed by atoms with Crippen LogP contribution in [0.25, 0.3) is 27.9 Å². The second-order valence-corrected chi connectivity index (χ2v) is 9.46. The van der Waals surface area contributed by atoms with Gasteiger partial charge >= 0.3 is 0 Å². The Kier molecular flexibility index (Phi) is 5.36. The van der Waals surface area contributed by atoms with Crippen LogP contribution in [0.15, 0.2) is 36.8 Å². The number of rotatable bonds is 6. The van der Waals surface area contributed by atoms with Gasteiger partial charge in [0, 0.05) is 63.6 Å². The minimum Gasteiger partial charge on any atom is -0.379 e. The third-order valence-corrected chi connectivity index (χ3v) is 7.38. The van der Waals surface area contributed by atoms with Crippen LogP contribution in [0, 0.1) is 0 Å². The summed E-state index contributed by atoms with van der Waals surface area (Å²) < 4.78 is 9.13. The number of pyridine rings is 1. The number of aromatic nitrogens is 5. The minimum atomic E-state index is -0.222. The standard InChI is InChI=1S/C25H28N8O3/c1-26-21-10-19(29-24-16(11-28-33(21)24)25(35)30-18-6-7-20(18)36-3)17-13-32(14-9-22(34)31(2)12-14)23-15(17)5-4-8-27-23/h4-5,8,10-11,13-14,18,20,26H,6-7,9,12H2,1-3H3,(H,30,35)/t14-,18+,20+/m1/s1. The monoisotopic (exact) mass is 488 g/mol. The van der Waals surface area contributed by atoms with Gasteiger partial charge in [0.25, 0.3) is 5.91 Å². The van der Waals surface area contributed by atoms with Crippen molar-refractivity contribution in [2.45, 2.75) is 37.5 Å². The summed E-state index contributed by atoms with van der Waals surface area (Å²) in [4.78, 5) is 36.6. The van der Waals surface area contributed by atoms with Gasteiger partial charge in [-0.05, 0) is 25.0 Å². The van der Waals surface area contributed by atoms with Gasteiger partial charge in [-0.15, -0.1) is 0 Å². The van der Waals surface area contributed by atoms with Crippen molar-refractivity contribution in [1.82, 2.24) is 34.4 Å². The number of nitrogens with one attached hydrogen (secondary N) is 2. The van der Waals surface area contributed by atoms with Crippen LogP contribution in [0.5, 0.6) is 0 Å². The maximum Gasteiger partial charge on any atom is 0.257 e. The highest BCUT2D eigenvalue weighted by Gasteiger charge is 2.33. The molecule has 0 radical (unpaired) electrons. The Morgan fingerprint density at radius 3 is 2.81 bits per heavy atom. The molecule has 4 aromatic rings. The van der Waals surface area contributed by atoms with Crippen LogP contribution in [-0.2, 0) is 9.53 Å². The molecule has 3 atom stereocenters. The zero-order valence-electron chi connectivity index (χ0n) is 20.4. The Balaban J connectivity index is 1.44. The molecule has 1 saturated heterocycles. The molecule has 4 aromatic heterocycles. The molecular weight excluding hydrogens is 460 g/mol. The predicted octanol–water partition coefficient (Wildman–Crippen LogP) is 2.10. The van der Waals surface area contributed by atoms with E-state index in [1.54, 1.807) is 28.9 Å². The van der Waals surface area contributed by atoms with Gasteiger partial charge < -0.3 is 24.8 Å². The number of carbonyl (C=O) groups is 2. The first-order valence-electron chi connectivity index (χ1n) is 12.1. The molecule has 186 valence electrons. The molecule has 0 bridgehead atoms. The number of hydrogen-bond donors (Lipinski definition) is 2. The number of amides is 2. The number of hydrogen-bond acceptors (Lipinski definition) is 7. The summed E-state index contributed by atoms with van der Waals surface area (Å²) in [6.07, 6.45) is 7.60. The fourth-order valence-corrected chi connectivity index (χ4v) is 5.19. The summed E-state index contributed by atoms with van der Waals surface area (Å²) in [5.41, 5.74) is 3.23. The zero-order chi connectivity index (χ0) is 25.0. The number of methoxy groups -OCH3 is 1. The Bertz CT molecular complexity index is 1490. The predicted molar refractivity (Wildman–Crippen MR) is 134 cm³/mol. The minimum absolute atomic E-state index is 0.00587. The van der Waals surface area contributed by atoms with Crippen molar-refractivity contribution in [2.24, 2.45) is 0 Å². The number of likely N-dealkylation sites (N-methyl/N-ethyl adjacent to an activating group) is 1. The molecule has 2 aliphatic rings. The van der Waals surface area contributed by atoms with Crippen molar-refractivity contribution < 1.29 is 14.3 Å². The van der Waals surface area contributed by atoms with E-state index >= 15 is 0 Å². The number of anilines is 1. The van der Waals surface area contributed by atoms with E-state index in [1.807, 2.05) is 38.5 Å². The molecule has 1 aliphatic heterocycles. The molecule has 11 heteroatoms. The van der Waals surface area contributed by atoms with Crippen LogP contribution >= 0.6 is 0 Å². The Hall–Kier alpha value is -3.99. The van der Waals surface area contributed by atoms with E-state index in [4.69, 9.17) is 9.72 Å². The molecule has 11 nitrogen and oxygen atoms in total. The van der Waals surface area contributed by atoms with Gasteiger partial charge in [0.2, 0.25) is 5.91 Å². The van der Waals surface area contributed by atoms with Gasteiger partial charge in [-0.2, -0.15) is 9.61 Å². The molecule has 1 aliphatic carbocycles. The summed E-state index contributed by atoms with van der Waals surface area (Å²) in [5, 5.41) is 11.6. The SMILES string of the molecule is CNc1cc(-c2cn([C@@H]3CC(=O)N(C)C3)c3ncccc23)nc2c(C(=O)N[C@H]3CC[C@@H]3OC)cnn12. The highest BCUT2D eigenvalue weighted by Crippen LogP contribution is 2.35. The van der Waals surface area contributed by atoms with Crippen molar-refractivity contribution in [3.05, 3.63) is 42.4 Å². The fourth-order valence-electron chi connectivity index (χ4n) is 5.19. The average molecular weight is 489 g/mol. The topological polar surface area (TPSA) is 119 Å². The number of likely N-dealkylation sites (tertiary alicyclic amines) is 1. The Labute approximate surface area is 207 Å². The van der Waals surface area contributed by atoms with Gasteiger partial charge in [-0.25, -0.2) is 9.97 Å². The summed E-state index contributed by atoms with van der Waals surface area (Å²) in [5.74, 6) is 0.599. The lowest BCUT2D eigenvalue weighted by Gasteiger charge is -2.35. The van der Waals surface area contributed by atoms with Gasteiger partial charge in [0.05, 0.1) is 30.1 Å². The molecule has 0 aromatic carbocycles. The number of carbonyl (C=O) groups excluding carboxylic acids is 2. The number of fused-ring (bicyclic) bond motifs is 2. The summed E-state index contributed by atoms with van der Waals surface area (Å²) in [6.45, 7) is 0.628. The van der Waals surface area contributed by atoms with Crippen molar-refractivity contribution in [3.8, 4) is 11.3 Å². The van der Waals surface area contributed by atoms with E-state index in [0.29, 0.717) is 35.7 Å². The lowest BCUT2D eigenvalue weighted by Crippen LogP contribution is -2.51. The number of nitrogens with zero attached hydrogens (tertiary/aromatic N) is 6. The first-order chi connectivity index (χ1) is 17.5. The third-order valence-electron chi connectivity index (χ3n) is 7.38. The first kappa shape index (κ1) is 22.5. The quantitative estimate of drug-likeness (QED) is 0.427. The molecule has 5 heterocycles. The second kappa shape index (κ2) is 8.59.